The van der Waals surface area contributed by atoms with Gasteiger partial charge in [-0.2, -0.15) is 0 Å². The molecule has 0 unspecified atom stereocenters. The maximum Gasteiger partial charge on any atom is 0.325 e. The summed E-state index contributed by atoms with van der Waals surface area (Å²) in [4.78, 5) is 23.0. The molecule has 0 heterocycles. The van der Waals surface area contributed by atoms with Crippen molar-refractivity contribution in [1.29, 1.82) is 0 Å². The fraction of sp³-hybridized carbons (Fsp3) is 0.412. The number of ether oxygens (including phenoxy) is 1. The van der Waals surface area contributed by atoms with Crippen molar-refractivity contribution in [3.8, 4) is 11.8 Å². The van der Waals surface area contributed by atoms with Crippen LogP contribution in [0.5, 0.6) is 0 Å². The van der Waals surface area contributed by atoms with Gasteiger partial charge in [-0.1, -0.05) is 17.9 Å². The number of sulfonamides is 1. The van der Waals surface area contributed by atoms with Crippen molar-refractivity contribution in [2.45, 2.75) is 12.8 Å². The van der Waals surface area contributed by atoms with Crippen LogP contribution < -0.4 is 5.32 Å². The quantitative estimate of drug-likeness (QED) is 0.434. The second-order valence-electron chi connectivity index (χ2n) is 5.34. The molecular formula is C17H22N2O5S. The average molecular weight is 366 g/mol. The topological polar surface area (TPSA) is 92.8 Å². The third kappa shape index (κ3) is 7.37. The number of hydrogen-bond acceptors (Lipinski definition) is 5. The van der Waals surface area contributed by atoms with Gasteiger partial charge in [-0.25, -0.2) is 12.7 Å². The van der Waals surface area contributed by atoms with Gasteiger partial charge in [0.05, 0.1) is 12.9 Å². The number of hydrogen-bond donors (Lipinski definition) is 1. The van der Waals surface area contributed by atoms with E-state index in [0.717, 1.165) is 0 Å². The number of carbonyl (C=O) groups is 2. The van der Waals surface area contributed by atoms with E-state index in [1.54, 1.807) is 24.3 Å². The van der Waals surface area contributed by atoms with Gasteiger partial charge in [-0.15, -0.1) is 0 Å². The number of esters is 1. The van der Waals surface area contributed by atoms with Gasteiger partial charge in [0.15, 0.2) is 0 Å². The molecule has 0 aliphatic heterocycles. The van der Waals surface area contributed by atoms with Crippen LogP contribution >= 0.6 is 0 Å². The van der Waals surface area contributed by atoms with Crippen LogP contribution in [0.2, 0.25) is 0 Å². The van der Waals surface area contributed by atoms with E-state index in [9.17, 15) is 18.0 Å². The number of methoxy groups -OCH3 is 1. The minimum atomic E-state index is -3.20. The van der Waals surface area contributed by atoms with Crippen LogP contribution in [0.1, 0.15) is 28.8 Å². The maximum absolute atomic E-state index is 11.9. The summed E-state index contributed by atoms with van der Waals surface area (Å²) in [7, 11) is 1.04. The summed E-state index contributed by atoms with van der Waals surface area (Å²) in [5, 5.41) is 2.45. The van der Waals surface area contributed by atoms with Crippen LogP contribution in [0.25, 0.3) is 0 Å². The molecule has 0 aromatic heterocycles. The first kappa shape index (κ1) is 20.7. The predicted octanol–water partition coefficient (Wildman–Crippen LogP) is 0.612. The number of amides is 1. The molecule has 0 bridgehead atoms. The highest BCUT2D eigenvalue weighted by Crippen LogP contribution is 2.05. The first-order valence-corrected chi connectivity index (χ1v) is 9.21. The van der Waals surface area contributed by atoms with E-state index in [-0.39, 0.29) is 12.3 Å². The molecule has 7 nitrogen and oxygen atoms in total. The van der Waals surface area contributed by atoms with Crippen molar-refractivity contribution < 1.29 is 22.7 Å². The van der Waals surface area contributed by atoms with Crippen molar-refractivity contribution in [1.82, 2.24) is 9.62 Å². The van der Waals surface area contributed by atoms with Crippen LogP contribution in [0, 0.1) is 11.8 Å². The molecule has 0 radical (unpaired) electrons. The van der Waals surface area contributed by atoms with Crippen molar-refractivity contribution >= 4 is 21.9 Å². The number of benzene rings is 1. The first-order chi connectivity index (χ1) is 11.8. The van der Waals surface area contributed by atoms with E-state index in [0.29, 0.717) is 24.0 Å². The van der Waals surface area contributed by atoms with E-state index in [4.69, 9.17) is 0 Å². The van der Waals surface area contributed by atoms with Gasteiger partial charge >= 0.3 is 5.97 Å². The van der Waals surface area contributed by atoms with E-state index < -0.39 is 21.9 Å². The molecule has 1 rings (SSSR count). The van der Waals surface area contributed by atoms with Gasteiger partial charge in [0.2, 0.25) is 10.0 Å². The monoisotopic (exact) mass is 366 g/mol. The Morgan fingerprint density at radius 2 is 2.00 bits per heavy atom. The lowest BCUT2D eigenvalue weighted by Crippen LogP contribution is -2.30. The van der Waals surface area contributed by atoms with Gasteiger partial charge in [-0.05, 0) is 24.6 Å². The van der Waals surface area contributed by atoms with Crippen LogP contribution in [-0.4, -0.2) is 58.1 Å². The van der Waals surface area contributed by atoms with Crippen LogP contribution in [0.4, 0.5) is 0 Å². The Balaban J connectivity index is 2.59. The van der Waals surface area contributed by atoms with Gasteiger partial charge < -0.3 is 10.1 Å². The highest BCUT2D eigenvalue weighted by Gasteiger charge is 2.12. The molecule has 0 aliphatic carbocycles. The summed E-state index contributed by atoms with van der Waals surface area (Å²) in [6, 6.07) is 6.66. The predicted molar refractivity (Wildman–Crippen MR) is 94.4 cm³/mol. The summed E-state index contributed by atoms with van der Waals surface area (Å²) >= 11 is 0. The highest BCUT2D eigenvalue weighted by molar-refractivity contribution is 7.89. The van der Waals surface area contributed by atoms with Gasteiger partial charge in [0.25, 0.3) is 5.91 Å². The average Bonchev–Trinajstić information content (AvgIpc) is 2.59. The Hall–Kier alpha value is -2.37. The second-order valence-corrected chi connectivity index (χ2v) is 7.65. The van der Waals surface area contributed by atoms with E-state index in [1.807, 2.05) is 0 Å². The fourth-order valence-electron chi connectivity index (χ4n) is 1.75. The molecule has 0 fully saturated rings. The Morgan fingerprint density at radius 3 is 2.64 bits per heavy atom. The molecule has 136 valence electrons. The zero-order valence-electron chi connectivity index (χ0n) is 14.5. The zero-order valence-corrected chi connectivity index (χ0v) is 15.4. The molecule has 1 aromatic carbocycles. The summed E-state index contributed by atoms with van der Waals surface area (Å²) in [5.74, 6) is 4.92. The molecule has 0 atom stereocenters. The van der Waals surface area contributed by atoms with E-state index >= 15 is 0 Å². The van der Waals surface area contributed by atoms with Gasteiger partial charge in [0, 0.05) is 31.6 Å². The molecule has 8 heteroatoms. The molecule has 1 N–H and O–H groups in total. The Kier molecular flexibility index (Phi) is 8.11. The minimum absolute atomic E-state index is 0.0463. The maximum atomic E-state index is 11.9. The highest BCUT2D eigenvalue weighted by atomic mass is 32.2. The minimum Gasteiger partial charge on any atom is -0.468 e. The summed E-state index contributed by atoms with van der Waals surface area (Å²) in [5.41, 5.74) is 1.02. The molecule has 0 aliphatic rings. The van der Waals surface area contributed by atoms with Crippen LogP contribution in [0.3, 0.4) is 0 Å². The number of carbonyl (C=O) groups excluding carboxylic acids is 2. The molecule has 0 saturated carbocycles. The SMILES string of the molecule is COC(=O)CNC(=O)c1cccc(C#CCCCS(=O)(=O)N(C)C)c1. The molecular weight excluding hydrogens is 344 g/mol. The largest absolute Gasteiger partial charge is 0.468 e. The molecule has 1 aromatic rings. The van der Waals surface area contributed by atoms with Crippen molar-refractivity contribution in [2.24, 2.45) is 0 Å². The Bertz CT molecular complexity index is 776. The molecule has 0 saturated heterocycles. The lowest BCUT2D eigenvalue weighted by atomic mass is 10.1. The van der Waals surface area contributed by atoms with Crippen molar-refractivity contribution in [3.05, 3.63) is 35.4 Å². The number of rotatable bonds is 7. The fourth-order valence-corrected chi connectivity index (χ4v) is 2.63. The third-order valence-corrected chi connectivity index (χ3v) is 5.16. The third-order valence-electron chi connectivity index (χ3n) is 3.24. The van der Waals surface area contributed by atoms with Crippen LogP contribution in [0.15, 0.2) is 24.3 Å². The van der Waals surface area contributed by atoms with Crippen molar-refractivity contribution in [2.75, 3.05) is 33.5 Å². The summed E-state index contributed by atoms with van der Waals surface area (Å²) < 4.78 is 28.9. The van der Waals surface area contributed by atoms with E-state index in [1.165, 1.54) is 25.5 Å². The molecule has 1 amide bonds. The lowest BCUT2D eigenvalue weighted by Gasteiger charge is -2.09. The normalized spacial score (nSPS) is 10.7. The number of nitrogens with one attached hydrogen (secondary N) is 1. The Labute approximate surface area is 148 Å². The Morgan fingerprint density at radius 1 is 1.28 bits per heavy atom. The standard InChI is InChI=1S/C17H22N2O5S/c1-19(2)25(22,23)11-6-4-5-8-14-9-7-10-15(12-14)17(21)18-13-16(20)24-3/h7,9-10,12H,4,6,11,13H2,1-3H3,(H,18,21). The zero-order chi connectivity index (χ0) is 18.9. The van der Waals surface area contributed by atoms with Gasteiger partial charge in [0.1, 0.15) is 6.54 Å². The smallest absolute Gasteiger partial charge is 0.325 e. The van der Waals surface area contributed by atoms with Crippen LogP contribution in [-0.2, 0) is 19.6 Å². The summed E-state index contributed by atoms with van der Waals surface area (Å²) in [6.07, 6.45) is 0.874. The molecule has 25 heavy (non-hydrogen) atoms. The number of nitrogens with zero attached hydrogens (tertiary/aromatic N) is 1. The van der Waals surface area contributed by atoms with Gasteiger partial charge in [-0.3, -0.25) is 9.59 Å². The van der Waals surface area contributed by atoms with Crippen molar-refractivity contribution in [3.63, 3.8) is 0 Å². The summed E-state index contributed by atoms with van der Waals surface area (Å²) in [6.45, 7) is -0.203. The number of unbranched alkanes of at least 4 members (excludes halogenated alkanes) is 1. The lowest BCUT2D eigenvalue weighted by molar-refractivity contribution is -0.139. The first-order valence-electron chi connectivity index (χ1n) is 7.60. The van der Waals surface area contributed by atoms with E-state index in [2.05, 4.69) is 21.9 Å². The second kappa shape index (κ2) is 9.81. The molecule has 0 spiro atoms.